The molecule has 0 saturated heterocycles. The Morgan fingerprint density at radius 1 is 1.23 bits per heavy atom. The van der Waals surface area contributed by atoms with Gasteiger partial charge in [0, 0.05) is 18.0 Å². The number of thioether (sulfide) groups is 1. The average molecular weight is 372 g/mol. The number of fused-ring (bicyclic) bond motifs is 1. The van der Waals surface area contributed by atoms with Crippen LogP contribution in [0.25, 0.3) is 10.9 Å². The van der Waals surface area contributed by atoms with Crippen LogP contribution in [0.4, 0.5) is 4.79 Å². The van der Waals surface area contributed by atoms with Crippen LogP contribution in [0.2, 0.25) is 0 Å². The van der Waals surface area contributed by atoms with Crippen LogP contribution in [-0.2, 0) is 4.79 Å². The first kappa shape index (κ1) is 18.2. The molecule has 0 bridgehead atoms. The minimum Gasteiger partial charge on any atom is -0.349 e. The maximum Gasteiger partial charge on any atom is 0.321 e. The highest BCUT2D eigenvalue weighted by molar-refractivity contribution is 7.99. The Labute approximate surface area is 155 Å². The number of amides is 4. The quantitative estimate of drug-likeness (QED) is 0.674. The van der Waals surface area contributed by atoms with Crippen molar-refractivity contribution >= 4 is 40.5 Å². The van der Waals surface area contributed by atoms with E-state index < -0.39 is 11.9 Å². The van der Waals surface area contributed by atoms with Crippen molar-refractivity contribution in [2.24, 2.45) is 0 Å². The molecule has 1 fully saturated rings. The molecule has 4 amide bonds. The van der Waals surface area contributed by atoms with Crippen LogP contribution in [0.1, 0.15) is 30.1 Å². The number of rotatable bonds is 6. The highest BCUT2D eigenvalue weighted by Gasteiger charge is 2.25. The normalized spacial score (nSPS) is 13.3. The Hall–Kier alpha value is -2.61. The first-order valence-electron chi connectivity index (χ1n) is 8.48. The molecule has 1 saturated carbocycles. The fourth-order valence-electron chi connectivity index (χ4n) is 2.41. The molecule has 0 atom stereocenters. The van der Waals surface area contributed by atoms with Gasteiger partial charge in [-0.25, -0.2) is 9.78 Å². The zero-order chi connectivity index (χ0) is 18.5. The molecule has 136 valence electrons. The fourth-order valence-corrected chi connectivity index (χ4v) is 3.13. The van der Waals surface area contributed by atoms with Crippen molar-refractivity contribution in [3.05, 3.63) is 35.9 Å². The van der Waals surface area contributed by atoms with Crippen molar-refractivity contribution in [3.8, 4) is 0 Å². The first-order chi connectivity index (χ1) is 12.6. The standard InChI is InChI=1S/C18H20N4O3S/c1-2-19-18(25)22-15(23)10-26-16-9-13(17(24)20-11-7-8-11)12-5-3-4-6-14(12)21-16/h3-6,9,11H,2,7-8,10H2,1H3,(H,20,24)(H2,19,22,23,25). The minimum absolute atomic E-state index is 0.0339. The van der Waals surface area contributed by atoms with Crippen LogP contribution >= 0.6 is 11.8 Å². The molecule has 1 aromatic carbocycles. The molecule has 0 unspecified atom stereocenters. The van der Waals surface area contributed by atoms with Gasteiger partial charge in [-0.1, -0.05) is 30.0 Å². The van der Waals surface area contributed by atoms with Gasteiger partial charge in [-0.15, -0.1) is 0 Å². The lowest BCUT2D eigenvalue weighted by Crippen LogP contribution is -2.40. The zero-order valence-electron chi connectivity index (χ0n) is 14.4. The summed E-state index contributed by atoms with van der Waals surface area (Å²) in [6.07, 6.45) is 2.02. The number of imide groups is 1. The maximum atomic E-state index is 12.5. The molecule has 3 N–H and O–H groups in total. The third-order valence-electron chi connectivity index (χ3n) is 3.79. The van der Waals surface area contributed by atoms with E-state index in [1.165, 1.54) is 11.8 Å². The molecule has 7 nitrogen and oxygen atoms in total. The minimum atomic E-state index is -0.519. The van der Waals surface area contributed by atoms with E-state index in [2.05, 4.69) is 20.9 Å². The molecule has 1 aliphatic carbocycles. The lowest BCUT2D eigenvalue weighted by molar-refractivity contribution is -0.117. The molecule has 0 radical (unpaired) electrons. The number of carbonyl (C=O) groups excluding carboxylic acids is 3. The number of nitrogens with one attached hydrogen (secondary N) is 3. The summed E-state index contributed by atoms with van der Waals surface area (Å²) >= 11 is 1.19. The molecular weight excluding hydrogens is 352 g/mol. The Balaban J connectivity index is 1.74. The van der Waals surface area contributed by atoms with Gasteiger partial charge in [-0.05, 0) is 31.9 Å². The molecule has 1 aromatic heterocycles. The monoisotopic (exact) mass is 372 g/mol. The smallest absolute Gasteiger partial charge is 0.321 e. The average Bonchev–Trinajstić information content (AvgIpc) is 3.43. The number of nitrogens with zero attached hydrogens (tertiary/aromatic N) is 1. The van der Waals surface area contributed by atoms with Gasteiger partial charge in [0.05, 0.1) is 21.9 Å². The molecule has 26 heavy (non-hydrogen) atoms. The van der Waals surface area contributed by atoms with Crippen molar-refractivity contribution in [1.82, 2.24) is 20.9 Å². The molecule has 8 heteroatoms. The van der Waals surface area contributed by atoms with Gasteiger partial charge in [0.15, 0.2) is 0 Å². The summed E-state index contributed by atoms with van der Waals surface area (Å²) in [4.78, 5) is 40.2. The van der Waals surface area contributed by atoms with Gasteiger partial charge in [0.25, 0.3) is 5.91 Å². The van der Waals surface area contributed by atoms with Crippen LogP contribution in [0.3, 0.4) is 0 Å². The fraction of sp³-hybridized carbons (Fsp3) is 0.333. The van der Waals surface area contributed by atoms with E-state index in [-0.39, 0.29) is 17.7 Å². The lowest BCUT2D eigenvalue weighted by Gasteiger charge is -2.10. The Morgan fingerprint density at radius 3 is 2.73 bits per heavy atom. The Bertz CT molecular complexity index is 851. The second kappa shape index (κ2) is 8.18. The summed E-state index contributed by atoms with van der Waals surface area (Å²) in [6, 6.07) is 8.85. The van der Waals surface area contributed by atoms with Gasteiger partial charge >= 0.3 is 6.03 Å². The second-order valence-electron chi connectivity index (χ2n) is 5.97. The van der Waals surface area contributed by atoms with Crippen LogP contribution in [-0.4, -0.2) is 41.2 Å². The largest absolute Gasteiger partial charge is 0.349 e. The topological polar surface area (TPSA) is 100 Å². The van der Waals surface area contributed by atoms with Crippen LogP contribution in [0.15, 0.2) is 35.4 Å². The molecule has 1 aliphatic rings. The number of urea groups is 1. The van der Waals surface area contributed by atoms with Crippen LogP contribution in [0.5, 0.6) is 0 Å². The number of hydrogen-bond acceptors (Lipinski definition) is 5. The molecule has 1 heterocycles. The lowest BCUT2D eigenvalue weighted by atomic mass is 10.1. The van der Waals surface area contributed by atoms with Gasteiger partial charge in [-0.2, -0.15) is 0 Å². The van der Waals surface area contributed by atoms with E-state index in [1.807, 2.05) is 24.3 Å². The third-order valence-corrected chi connectivity index (χ3v) is 4.70. The van der Waals surface area contributed by atoms with Crippen molar-refractivity contribution in [1.29, 1.82) is 0 Å². The Morgan fingerprint density at radius 2 is 2.00 bits per heavy atom. The van der Waals surface area contributed by atoms with Gasteiger partial charge in [0.1, 0.15) is 0 Å². The number of benzene rings is 1. The zero-order valence-corrected chi connectivity index (χ0v) is 15.2. The highest BCUT2D eigenvalue weighted by atomic mass is 32.2. The summed E-state index contributed by atoms with van der Waals surface area (Å²) in [6.45, 7) is 2.21. The Kier molecular flexibility index (Phi) is 5.72. The predicted molar refractivity (Wildman–Crippen MR) is 100 cm³/mol. The van der Waals surface area contributed by atoms with Gasteiger partial charge < -0.3 is 10.6 Å². The van der Waals surface area contributed by atoms with E-state index in [4.69, 9.17) is 0 Å². The number of hydrogen-bond donors (Lipinski definition) is 3. The molecule has 3 rings (SSSR count). The van der Waals surface area contributed by atoms with E-state index in [0.717, 1.165) is 18.2 Å². The maximum absolute atomic E-state index is 12.5. The van der Waals surface area contributed by atoms with Crippen molar-refractivity contribution < 1.29 is 14.4 Å². The van der Waals surface area contributed by atoms with Crippen LogP contribution in [0, 0.1) is 0 Å². The van der Waals surface area contributed by atoms with Gasteiger partial charge in [0.2, 0.25) is 5.91 Å². The van der Waals surface area contributed by atoms with Crippen molar-refractivity contribution in [2.75, 3.05) is 12.3 Å². The van der Waals surface area contributed by atoms with E-state index in [0.29, 0.717) is 22.7 Å². The SMILES string of the molecule is CCNC(=O)NC(=O)CSc1cc(C(=O)NC2CC2)c2ccccc2n1. The van der Waals surface area contributed by atoms with Crippen molar-refractivity contribution in [2.45, 2.75) is 30.8 Å². The van der Waals surface area contributed by atoms with E-state index in [9.17, 15) is 14.4 Å². The first-order valence-corrected chi connectivity index (χ1v) is 9.46. The van der Waals surface area contributed by atoms with Crippen LogP contribution < -0.4 is 16.0 Å². The van der Waals surface area contributed by atoms with Crippen molar-refractivity contribution in [3.63, 3.8) is 0 Å². The number of carbonyl (C=O) groups is 3. The third kappa shape index (κ3) is 4.72. The second-order valence-corrected chi connectivity index (χ2v) is 6.96. The molecule has 2 aromatic rings. The summed E-state index contributed by atoms with van der Waals surface area (Å²) < 4.78 is 0. The summed E-state index contributed by atoms with van der Waals surface area (Å²) in [7, 11) is 0. The number of aromatic nitrogens is 1. The van der Waals surface area contributed by atoms with E-state index >= 15 is 0 Å². The summed E-state index contributed by atoms with van der Waals surface area (Å²) in [5, 5.41) is 9.07. The highest BCUT2D eigenvalue weighted by Crippen LogP contribution is 2.26. The molecule has 0 spiro atoms. The molecule has 0 aliphatic heterocycles. The summed E-state index contributed by atoms with van der Waals surface area (Å²) in [5.41, 5.74) is 1.25. The molecular formula is C18H20N4O3S. The predicted octanol–water partition coefficient (Wildman–Crippen LogP) is 2.06. The van der Waals surface area contributed by atoms with Gasteiger partial charge in [-0.3, -0.25) is 14.9 Å². The number of para-hydroxylation sites is 1. The summed E-state index contributed by atoms with van der Waals surface area (Å²) in [5.74, 6) is -0.508. The van der Waals surface area contributed by atoms with E-state index in [1.54, 1.807) is 13.0 Å². The number of pyridine rings is 1.